The molecule has 1 aliphatic rings. The highest BCUT2D eigenvalue weighted by molar-refractivity contribution is 5.98. The van der Waals surface area contributed by atoms with Gasteiger partial charge in [-0.25, -0.2) is 0 Å². The fourth-order valence-electron chi connectivity index (χ4n) is 3.27. The zero-order valence-electron chi connectivity index (χ0n) is 15.3. The summed E-state index contributed by atoms with van der Waals surface area (Å²) in [5.41, 5.74) is 10.1. The lowest BCUT2D eigenvalue weighted by atomic mass is 10.00. The Balaban J connectivity index is 0.00000261. The third-order valence-corrected chi connectivity index (χ3v) is 4.46. The van der Waals surface area contributed by atoms with Crippen molar-refractivity contribution in [3.63, 3.8) is 0 Å². The van der Waals surface area contributed by atoms with Crippen molar-refractivity contribution in [2.45, 2.75) is 19.8 Å². The van der Waals surface area contributed by atoms with Crippen LogP contribution in [0.5, 0.6) is 0 Å². The molecule has 2 amide bonds. The number of hydrogen-bond acceptors (Lipinski definition) is 4. The Hall–Kier alpha value is -2.73. The minimum atomic E-state index is -0.149. The molecule has 0 fully saturated rings. The molecular weight excluding hydrogens is 364 g/mol. The van der Waals surface area contributed by atoms with Crippen LogP contribution in [-0.2, 0) is 11.2 Å². The first-order valence-corrected chi connectivity index (χ1v) is 8.89. The second-order valence-electron chi connectivity index (χ2n) is 6.36. The number of benzene rings is 2. The van der Waals surface area contributed by atoms with Crippen LogP contribution in [0, 0.1) is 0 Å². The van der Waals surface area contributed by atoms with E-state index >= 15 is 0 Å². The highest BCUT2D eigenvalue weighted by Crippen LogP contribution is 2.31. The Bertz CT molecular complexity index is 825. The number of carbonyl (C=O) groups is 2. The van der Waals surface area contributed by atoms with Gasteiger partial charge in [0.15, 0.2) is 0 Å². The number of nitrogens with one attached hydrogen (secondary N) is 2. The Kier molecular flexibility index (Phi) is 7.07. The smallest absolute Gasteiger partial charge is 0.251 e. The summed E-state index contributed by atoms with van der Waals surface area (Å²) in [6.45, 7) is 3.50. The van der Waals surface area contributed by atoms with Gasteiger partial charge in [0.05, 0.1) is 6.54 Å². The van der Waals surface area contributed by atoms with Gasteiger partial charge in [-0.3, -0.25) is 9.59 Å². The highest BCUT2D eigenvalue weighted by atomic mass is 35.5. The van der Waals surface area contributed by atoms with Gasteiger partial charge < -0.3 is 21.3 Å². The van der Waals surface area contributed by atoms with Crippen LogP contribution in [0.2, 0.25) is 0 Å². The number of fused-ring (bicyclic) bond motifs is 1. The van der Waals surface area contributed by atoms with Crippen LogP contribution in [0.1, 0.15) is 29.3 Å². The normalized spacial score (nSPS) is 12.6. The quantitative estimate of drug-likeness (QED) is 0.687. The first kappa shape index (κ1) is 20.6. The standard InChI is InChI=1S/C20H24N4O2.ClH/c1-2-22-20(26)14-6-3-7-15(12-14)23-19(25)13-24-11-5-8-16-17(21)9-4-10-18(16)24;/h3-4,6-7,9-10,12H,2,5,8,11,13,21H2,1H3,(H,22,26)(H,23,25);1H. The van der Waals surface area contributed by atoms with E-state index in [0.29, 0.717) is 17.8 Å². The highest BCUT2D eigenvalue weighted by Gasteiger charge is 2.20. The van der Waals surface area contributed by atoms with Crippen molar-refractivity contribution >= 4 is 41.3 Å². The van der Waals surface area contributed by atoms with Crippen molar-refractivity contribution < 1.29 is 9.59 Å². The third kappa shape index (κ3) is 4.92. The van der Waals surface area contributed by atoms with Gasteiger partial charge in [0.25, 0.3) is 5.91 Å². The summed E-state index contributed by atoms with van der Waals surface area (Å²) in [4.78, 5) is 26.5. The number of nitrogens with two attached hydrogens (primary N) is 1. The number of rotatable bonds is 5. The average Bonchev–Trinajstić information content (AvgIpc) is 2.63. The van der Waals surface area contributed by atoms with Gasteiger partial charge in [0, 0.05) is 35.7 Å². The number of nitrogen functional groups attached to an aromatic ring is 1. The molecule has 0 radical (unpaired) electrons. The maximum atomic E-state index is 12.5. The predicted molar refractivity (Wildman–Crippen MR) is 112 cm³/mol. The molecule has 0 aliphatic carbocycles. The van der Waals surface area contributed by atoms with Crippen LogP contribution in [0.15, 0.2) is 42.5 Å². The first-order valence-electron chi connectivity index (χ1n) is 8.89. The van der Waals surface area contributed by atoms with Crippen molar-refractivity contribution in [1.29, 1.82) is 0 Å². The molecule has 3 rings (SSSR count). The number of hydrogen-bond donors (Lipinski definition) is 3. The maximum Gasteiger partial charge on any atom is 0.251 e. The van der Waals surface area contributed by atoms with E-state index in [-0.39, 0.29) is 30.8 Å². The molecule has 0 spiro atoms. The monoisotopic (exact) mass is 388 g/mol. The summed E-state index contributed by atoms with van der Waals surface area (Å²) in [6, 6.07) is 12.8. The summed E-state index contributed by atoms with van der Waals surface area (Å²) in [5.74, 6) is -0.266. The van der Waals surface area contributed by atoms with Crippen LogP contribution < -0.4 is 21.3 Å². The van der Waals surface area contributed by atoms with Crippen molar-refractivity contribution in [3.8, 4) is 0 Å². The molecule has 0 aromatic heterocycles. The van der Waals surface area contributed by atoms with Crippen molar-refractivity contribution in [2.75, 3.05) is 35.6 Å². The van der Waals surface area contributed by atoms with Gasteiger partial charge in [0.2, 0.25) is 5.91 Å². The largest absolute Gasteiger partial charge is 0.398 e. The number of carbonyl (C=O) groups excluding carboxylic acids is 2. The molecule has 2 aromatic rings. The van der Waals surface area contributed by atoms with Crippen molar-refractivity contribution in [2.24, 2.45) is 0 Å². The second-order valence-corrected chi connectivity index (χ2v) is 6.36. The van der Waals surface area contributed by atoms with E-state index in [4.69, 9.17) is 5.73 Å². The lowest BCUT2D eigenvalue weighted by Gasteiger charge is -2.31. The first-order chi connectivity index (χ1) is 12.6. The fraction of sp³-hybridized carbons (Fsp3) is 0.300. The number of amides is 2. The fourth-order valence-corrected chi connectivity index (χ4v) is 3.27. The zero-order valence-corrected chi connectivity index (χ0v) is 16.1. The molecule has 1 aliphatic heterocycles. The van der Waals surface area contributed by atoms with Gasteiger partial charge >= 0.3 is 0 Å². The zero-order chi connectivity index (χ0) is 18.5. The predicted octanol–water partition coefficient (Wildman–Crippen LogP) is 2.83. The number of nitrogens with zero attached hydrogens (tertiary/aromatic N) is 1. The third-order valence-electron chi connectivity index (χ3n) is 4.46. The molecule has 0 atom stereocenters. The molecule has 2 aromatic carbocycles. The number of anilines is 3. The summed E-state index contributed by atoms with van der Waals surface area (Å²) >= 11 is 0. The molecule has 144 valence electrons. The van der Waals surface area contributed by atoms with E-state index in [9.17, 15) is 9.59 Å². The van der Waals surface area contributed by atoms with Crippen LogP contribution in [0.25, 0.3) is 0 Å². The van der Waals surface area contributed by atoms with Crippen molar-refractivity contribution in [1.82, 2.24) is 5.32 Å². The van der Waals surface area contributed by atoms with Gasteiger partial charge in [0.1, 0.15) is 0 Å². The molecule has 27 heavy (non-hydrogen) atoms. The van der Waals surface area contributed by atoms with E-state index in [2.05, 4.69) is 15.5 Å². The Morgan fingerprint density at radius 1 is 1.19 bits per heavy atom. The van der Waals surface area contributed by atoms with Gasteiger partial charge in [-0.15, -0.1) is 12.4 Å². The van der Waals surface area contributed by atoms with Crippen LogP contribution >= 0.6 is 12.4 Å². The molecule has 0 bridgehead atoms. The van der Waals surface area contributed by atoms with E-state index in [1.54, 1.807) is 24.3 Å². The molecule has 4 N–H and O–H groups in total. The summed E-state index contributed by atoms with van der Waals surface area (Å²) < 4.78 is 0. The topological polar surface area (TPSA) is 87.5 Å². The van der Waals surface area contributed by atoms with E-state index in [1.165, 1.54) is 0 Å². The summed E-state index contributed by atoms with van der Waals surface area (Å²) in [5, 5.41) is 5.63. The van der Waals surface area contributed by atoms with Crippen LogP contribution in [0.3, 0.4) is 0 Å². The summed E-state index contributed by atoms with van der Waals surface area (Å²) in [7, 11) is 0. The van der Waals surface area contributed by atoms with E-state index < -0.39 is 0 Å². The Morgan fingerprint density at radius 3 is 2.74 bits per heavy atom. The SMILES string of the molecule is CCNC(=O)c1cccc(NC(=O)CN2CCCc3c(N)cccc32)c1.Cl. The molecule has 6 nitrogen and oxygen atoms in total. The second kappa shape index (κ2) is 9.28. The van der Waals surface area contributed by atoms with Crippen LogP contribution in [-0.4, -0.2) is 31.4 Å². The van der Waals surface area contributed by atoms with Gasteiger partial charge in [-0.2, -0.15) is 0 Å². The van der Waals surface area contributed by atoms with E-state index in [1.807, 2.05) is 25.1 Å². The van der Waals surface area contributed by atoms with Crippen LogP contribution in [0.4, 0.5) is 17.1 Å². The molecular formula is C20H25ClN4O2. The van der Waals surface area contributed by atoms with Gasteiger partial charge in [-0.1, -0.05) is 12.1 Å². The average molecular weight is 389 g/mol. The molecule has 0 unspecified atom stereocenters. The lowest BCUT2D eigenvalue weighted by Crippen LogP contribution is -2.37. The minimum absolute atomic E-state index is 0. The molecule has 0 saturated carbocycles. The van der Waals surface area contributed by atoms with Crippen molar-refractivity contribution in [3.05, 3.63) is 53.6 Å². The number of halogens is 1. The lowest BCUT2D eigenvalue weighted by molar-refractivity contribution is -0.115. The molecule has 7 heteroatoms. The van der Waals surface area contributed by atoms with E-state index in [0.717, 1.165) is 36.3 Å². The van der Waals surface area contributed by atoms with Gasteiger partial charge in [-0.05, 0) is 55.7 Å². The molecule has 1 heterocycles. The molecule has 0 saturated heterocycles. The minimum Gasteiger partial charge on any atom is -0.398 e. The Labute approximate surface area is 165 Å². The summed E-state index contributed by atoms with van der Waals surface area (Å²) in [6.07, 6.45) is 1.91. The Morgan fingerprint density at radius 2 is 1.96 bits per heavy atom. The maximum absolute atomic E-state index is 12.5.